The Hall–Kier alpha value is -1.66. The van der Waals surface area contributed by atoms with E-state index in [0.717, 1.165) is 26.1 Å². The number of carbonyl (C=O) groups is 2. The third kappa shape index (κ3) is 5.76. The highest BCUT2D eigenvalue weighted by atomic mass is 35.5. The molecular weight excluding hydrogens is 333 g/mol. The van der Waals surface area contributed by atoms with Gasteiger partial charge in [0, 0.05) is 57.1 Å². The minimum atomic E-state index is -0.356. The summed E-state index contributed by atoms with van der Waals surface area (Å²) in [5, 5.41) is 2.83. The molecule has 0 aliphatic carbocycles. The Morgan fingerprint density at radius 1 is 1.12 bits per heavy atom. The Balaban J connectivity index is 1.65. The highest BCUT2D eigenvalue weighted by molar-refractivity contribution is 6.17. The number of nitrogens with zero attached hydrogens (tertiary/aromatic N) is 2. The van der Waals surface area contributed by atoms with Gasteiger partial charge in [-0.3, -0.25) is 14.5 Å². The molecule has 24 heavy (non-hydrogen) atoms. The topological polar surface area (TPSA) is 52.7 Å². The average molecular weight is 356 g/mol. The van der Waals surface area contributed by atoms with Gasteiger partial charge in [-0.2, -0.15) is 0 Å². The van der Waals surface area contributed by atoms with Gasteiger partial charge < -0.3 is 10.2 Å². The number of carbonyl (C=O) groups excluding carboxylic acids is 2. The molecule has 7 heteroatoms. The molecule has 2 amide bonds. The minimum absolute atomic E-state index is 0.167. The normalized spacial score (nSPS) is 15.3. The molecule has 1 aromatic carbocycles. The molecule has 1 heterocycles. The fourth-order valence-corrected chi connectivity index (χ4v) is 2.76. The molecule has 0 radical (unpaired) electrons. The molecule has 0 saturated carbocycles. The number of halogens is 2. The van der Waals surface area contributed by atoms with Crippen molar-refractivity contribution < 1.29 is 14.0 Å². The number of hydrogen-bond acceptors (Lipinski definition) is 3. The predicted octanol–water partition coefficient (Wildman–Crippen LogP) is 1.72. The number of amides is 2. The van der Waals surface area contributed by atoms with Gasteiger partial charge in [0.15, 0.2) is 0 Å². The van der Waals surface area contributed by atoms with Crippen LogP contribution in [0, 0.1) is 5.82 Å². The molecule has 0 bridgehead atoms. The van der Waals surface area contributed by atoms with Crippen molar-refractivity contribution in [3.63, 3.8) is 0 Å². The monoisotopic (exact) mass is 355 g/mol. The lowest BCUT2D eigenvalue weighted by Gasteiger charge is -2.34. The molecular formula is C17H23ClFN3O2. The fourth-order valence-electron chi connectivity index (χ4n) is 2.63. The Morgan fingerprint density at radius 2 is 1.79 bits per heavy atom. The first kappa shape index (κ1) is 18.7. The van der Waals surface area contributed by atoms with Crippen LogP contribution >= 0.6 is 11.6 Å². The summed E-state index contributed by atoms with van der Waals surface area (Å²) in [6, 6.07) is 5.48. The standard InChI is InChI=1S/C17H23ClFN3O2/c18-7-1-2-16(23)22-12-10-21(11-13-22)9-8-20-17(24)14-3-5-15(19)6-4-14/h3-6H,1-2,7-13H2,(H,20,24). The van der Waals surface area contributed by atoms with Crippen molar-refractivity contribution in [1.29, 1.82) is 0 Å². The number of hydrogen-bond donors (Lipinski definition) is 1. The first-order valence-electron chi connectivity index (χ1n) is 8.20. The van der Waals surface area contributed by atoms with Crippen LogP contribution in [0.1, 0.15) is 23.2 Å². The van der Waals surface area contributed by atoms with Crippen LogP contribution in [-0.4, -0.2) is 66.8 Å². The lowest BCUT2D eigenvalue weighted by Crippen LogP contribution is -2.50. The summed E-state index contributed by atoms with van der Waals surface area (Å²) in [4.78, 5) is 27.9. The maximum Gasteiger partial charge on any atom is 0.251 e. The Morgan fingerprint density at radius 3 is 2.42 bits per heavy atom. The van der Waals surface area contributed by atoms with Gasteiger partial charge >= 0.3 is 0 Å². The maximum absolute atomic E-state index is 12.8. The molecule has 0 unspecified atom stereocenters. The Kier molecular flexibility index (Phi) is 7.46. The van der Waals surface area contributed by atoms with E-state index >= 15 is 0 Å². The molecule has 1 N–H and O–H groups in total. The third-order valence-corrected chi connectivity index (χ3v) is 4.34. The molecule has 1 fully saturated rings. The maximum atomic E-state index is 12.8. The Bertz CT molecular complexity index is 545. The van der Waals surface area contributed by atoms with Gasteiger partial charge in [0.1, 0.15) is 5.82 Å². The SMILES string of the molecule is O=C(NCCN1CCN(C(=O)CCCCl)CC1)c1ccc(F)cc1. The van der Waals surface area contributed by atoms with Crippen LogP contribution in [-0.2, 0) is 4.79 Å². The highest BCUT2D eigenvalue weighted by Crippen LogP contribution is 2.06. The second kappa shape index (κ2) is 9.59. The van der Waals surface area contributed by atoms with E-state index in [0.29, 0.717) is 37.5 Å². The summed E-state index contributed by atoms with van der Waals surface area (Å²) >= 11 is 5.61. The van der Waals surface area contributed by atoms with Gasteiger partial charge in [-0.1, -0.05) is 0 Å². The highest BCUT2D eigenvalue weighted by Gasteiger charge is 2.20. The van der Waals surface area contributed by atoms with E-state index < -0.39 is 0 Å². The first-order chi connectivity index (χ1) is 11.6. The van der Waals surface area contributed by atoms with Crippen LogP contribution in [0.25, 0.3) is 0 Å². The van der Waals surface area contributed by atoms with Crippen molar-refractivity contribution >= 4 is 23.4 Å². The lowest BCUT2D eigenvalue weighted by molar-refractivity contribution is -0.132. The van der Waals surface area contributed by atoms with Gasteiger partial charge in [-0.25, -0.2) is 4.39 Å². The van der Waals surface area contributed by atoms with E-state index in [-0.39, 0.29) is 17.6 Å². The van der Waals surface area contributed by atoms with Crippen LogP contribution in [0.5, 0.6) is 0 Å². The smallest absolute Gasteiger partial charge is 0.251 e. The van der Waals surface area contributed by atoms with Crippen molar-refractivity contribution in [1.82, 2.24) is 15.1 Å². The minimum Gasteiger partial charge on any atom is -0.351 e. The molecule has 1 aliphatic rings. The zero-order valence-corrected chi connectivity index (χ0v) is 14.4. The van der Waals surface area contributed by atoms with E-state index in [2.05, 4.69) is 10.2 Å². The zero-order chi connectivity index (χ0) is 17.4. The first-order valence-corrected chi connectivity index (χ1v) is 8.73. The second-order valence-electron chi connectivity index (χ2n) is 5.78. The fraction of sp³-hybridized carbons (Fsp3) is 0.529. The largest absolute Gasteiger partial charge is 0.351 e. The van der Waals surface area contributed by atoms with Gasteiger partial charge in [-0.15, -0.1) is 11.6 Å². The number of alkyl halides is 1. The molecule has 1 saturated heterocycles. The van der Waals surface area contributed by atoms with Gasteiger partial charge in [0.05, 0.1) is 0 Å². The lowest BCUT2D eigenvalue weighted by atomic mass is 10.2. The second-order valence-corrected chi connectivity index (χ2v) is 6.16. The molecule has 0 aromatic heterocycles. The summed E-state index contributed by atoms with van der Waals surface area (Å²) < 4.78 is 12.8. The van der Waals surface area contributed by atoms with E-state index in [1.807, 2.05) is 4.90 Å². The number of piperazine rings is 1. The molecule has 132 valence electrons. The average Bonchev–Trinajstić information content (AvgIpc) is 2.60. The summed E-state index contributed by atoms with van der Waals surface area (Å²) in [7, 11) is 0. The summed E-state index contributed by atoms with van der Waals surface area (Å²) in [6.07, 6.45) is 1.23. The summed E-state index contributed by atoms with van der Waals surface area (Å²) in [6.45, 7) is 4.30. The predicted molar refractivity (Wildman–Crippen MR) is 91.7 cm³/mol. The van der Waals surface area contributed by atoms with Crippen LogP contribution < -0.4 is 5.32 Å². The molecule has 0 spiro atoms. The molecule has 0 atom stereocenters. The van der Waals surface area contributed by atoms with Crippen molar-refractivity contribution in [3.05, 3.63) is 35.6 Å². The molecule has 2 rings (SSSR count). The molecule has 1 aromatic rings. The van der Waals surface area contributed by atoms with Crippen LogP contribution in [0.2, 0.25) is 0 Å². The summed E-state index contributed by atoms with van der Waals surface area (Å²) in [5.41, 5.74) is 0.450. The van der Waals surface area contributed by atoms with Gasteiger partial charge in [0.2, 0.25) is 5.91 Å². The van der Waals surface area contributed by atoms with E-state index in [1.165, 1.54) is 24.3 Å². The van der Waals surface area contributed by atoms with E-state index in [1.54, 1.807) is 0 Å². The Labute approximate surface area is 146 Å². The van der Waals surface area contributed by atoms with E-state index in [9.17, 15) is 14.0 Å². The number of benzene rings is 1. The van der Waals surface area contributed by atoms with Crippen molar-refractivity contribution in [2.45, 2.75) is 12.8 Å². The van der Waals surface area contributed by atoms with Crippen molar-refractivity contribution in [2.75, 3.05) is 45.1 Å². The van der Waals surface area contributed by atoms with E-state index in [4.69, 9.17) is 11.6 Å². The summed E-state index contributed by atoms with van der Waals surface area (Å²) in [5.74, 6) is 0.120. The van der Waals surface area contributed by atoms with Crippen LogP contribution in [0.4, 0.5) is 4.39 Å². The number of nitrogens with one attached hydrogen (secondary N) is 1. The number of rotatable bonds is 7. The van der Waals surface area contributed by atoms with Gasteiger partial charge in [0.25, 0.3) is 5.91 Å². The van der Waals surface area contributed by atoms with Crippen molar-refractivity contribution in [3.8, 4) is 0 Å². The van der Waals surface area contributed by atoms with Crippen LogP contribution in [0.15, 0.2) is 24.3 Å². The van der Waals surface area contributed by atoms with Crippen molar-refractivity contribution in [2.24, 2.45) is 0 Å². The quantitative estimate of drug-likeness (QED) is 0.758. The zero-order valence-electron chi connectivity index (χ0n) is 13.6. The molecule has 5 nitrogen and oxygen atoms in total. The third-order valence-electron chi connectivity index (χ3n) is 4.07. The van der Waals surface area contributed by atoms with Gasteiger partial charge in [-0.05, 0) is 30.7 Å². The van der Waals surface area contributed by atoms with Crippen LogP contribution in [0.3, 0.4) is 0 Å². The molecule has 1 aliphatic heterocycles.